The first kappa shape index (κ1) is 13.8. The molecule has 0 radical (unpaired) electrons. The third kappa shape index (κ3) is 4.34. The van der Waals surface area contributed by atoms with E-state index in [-0.39, 0.29) is 5.82 Å². The summed E-state index contributed by atoms with van der Waals surface area (Å²) in [5.74, 6) is 1.51. The third-order valence-corrected chi connectivity index (χ3v) is 3.49. The lowest BCUT2D eigenvalue weighted by atomic mass is 10.1. The number of thiol groups is 1. The minimum absolute atomic E-state index is 0.296. The molecule has 0 amide bonds. The van der Waals surface area contributed by atoms with Crippen molar-refractivity contribution in [1.29, 1.82) is 0 Å². The standard InChI is InChI=1S/C12H16BrFOS/c1-2-3-9(8-16)7-15-10-4-5-11(13)12(14)6-10/h4-6,9,16H,2-3,7-8H2,1H3. The van der Waals surface area contributed by atoms with Crippen LogP contribution < -0.4 is 4.74 Å². The number of rotatable bonds is 6. The van der Waals surface area contributed by atoms with Gasteiger partial charge in [0.15, 0.2) is 0 Å². The molecule has 1 unspecified atom stereocenters. The van der Waals surface area contributed by atoms with Crippen molar-refractivity contribution >= 4 is 28.6 Å². The van der Waals surface area contributed by atoms with Crippen LogP contribution in [0.25, 0.3) is 0 Å². The first-order chi connectivity index (χ1) is 7.67. The number of benzene rings is 1. The van der Waals surface area contributed by atoms with E-state index in [1.807, 2.05) is 0 Å². The maximum atomic E-state index is 13.2. The maximum absolute atomic E-state index is 13.2. The van der Waals surface area contributed by atoms with Crippen molar-refractivity contribution < 1.29 is 9.13 Å². The monoisotopic (exact) mass is 306 g/mol. The molecule has 0 saturated carbocycles. The van der Waals surface area contributed by atoms with E-state index < -0.39 is 0 Å². The normalized spacial score (nSPS) is 12.5. The fourth-order valence-corrected chi connectivity index (χ4v) is 1.95. The van der Waals surface area contributed by atoms with Gasteiger partial charge in [0.25, 0.3) is 0 Å². The van der Waals surface area contributed by atoms with E-state index in [1.54, 1.807) is 12.1 Å². The van der Waals surface area contributed by atoms with Crippen LogP contribution in [0.15, 0.2) is 22.7 Å². The molecule has 0 aliphatic heterocycles. The average Bonchev–Trinajstić information content (AvgIpc) is 2.28. The third-order valence-electron chi connectivity index (χ3n) is 2.33. The zero-order valence-electron chi connectivity index (χ0n) is 9.25. The van der Waals surface area contributed by atoms with Crippen LogP contribution in [0, 0.1) is 11.7 Å². The Morgan fingerprint density at radius 3 is 2.81 bits per heavy atom. The van der Waals surface area contributed by atoms with Gasteiger partial charge in [0.2, 0.25) is 0 Å². The van der Waals surface area contributed by atoms with Crippen molar-refractivity contribution in [2.24, 2.45) is 5.92 Å². The highest BCUT2D eigenvalue weighted by atomic mass is 79.9. The summed E-state index contributed by atoms with van der Waals surface area (Å²) < 4.78 is 19.2. The van der Waals surface area contributed by atoms with Crippen LogP contribution in [0.1, 0.15) is 19.8 Å². The molecule has 1 nitrogen and oxygen atoms in total. The van der Waals surface area contributed by atoms with Gasteiger partial charge in [-0.1, -0.05) is 13.3 Å². The van der Waals surface area contributed by atoms with Gasteiger partial charge in [-0.25, -0.2) is 4.39 Å². The van der Waals surface area contributed by atoms with Crippen molar-refractivity contribution in [3.63, 3.8) is 0 Å². The number of ether oxygens (including phenoxy) is 1. The first-order valence-corrected chi connectivity index (χ1v) is 6.78. The molecule has 0 aliphatic rings. The molecule has 1 atom stereocenters. The molecule has 0 saturated heterocycles. The van der Waals surface area contributed by atoms with Crippen molar-refractivity contribution in [3.8, 4) is 5.75 Å². The lowest BCUT2D eigenvalue weighted by Crippen LogP contribution is -2.13. The molecule has 0 heterocycles. The Morgan fingerprint density at radius 1 is 1.50 bits per heavy atom. The molecule has 1 aromatic carbocycles. The van der Waals surface area contributed by atoms with E-state index >= 15 is 0 Å². The van der Waals surface area contributed by atoms with Gasteiger partial charge >= 0.3 is 0 Å². The van der Waals surface area contributed by atoms with Gasteiger partial charge in [-0.3, -0.25) is 0 Å². The first-order valence-electron chi connectivity index (χ1n) is 5.36. The van der Waals surface area contributed by atoms with Gasteiger partial charge in [0.1, 0.15) is 11.6 Å². The van der Waals surface area contributed by atoms with E-state index in [4.69, 9.17) is 4.74 Å². The van der Waals surface area contributed by atoms with Gasteiger partial charge in [-0.05, 0) is 40.2 Å². The van der Waals surface area contributed by atoms with E-state index in [2.05, 4.69) is 35.5 Å². The lowest BCUT2D eigenvalue weighted by Gasteiger charge is -2.14. The van der Waals surface area contributed by atoms with Gasteiger partial charge in [-0.2, -0.15) is 12.6 Å². The van der Waals surface area contributed by atoms with E-state index in [0.29, 0.717) is 22.7 Å². The summed E-state index contributed by atoms with van der Waals surface area (Å²) >= 11 is 7.38. The minimum Gasteiger partial charge on any atom is -0.493 e. The van der Waals surface area contributed by atoms with E-state index in [1.165, 1.54) is 6.07 Å². The molecular weight excluding hydrogens is 291 g/mol. The van der Waals surface area contributed by atoms with Crippen molar-refractivity contribution in [1.82, 2.24) is 0 Å². The second kappa shape index (κ2) is 7.17. The highest BCUT2D eigenvalue weighted by Crippen LogP contribution is 2.21. The van der Waals surface area contributed by atoms with Gasteiger partial charge in [-0.15, -0.1) is 0 Å². The molecule has 16 heavy (non-hydrogen) atoms. The predicted octanol–water partition coefficient (Wildman–Crippen LogP) is 4.31. The molecule has 0 N–H and O–H groups in total. The molecule has 0 aliphatic carbocycles. The summed E-state index contributed by atoms with van der Waals surface area (Å²) in [6.07, 6.45) is 2.20. The van der Waals surface area contributed by atoms with Crippen molar-refractivity contribution in [2.75, 3.05) is 12.4 Å². The molecule has 4 heteroatoms. The van der Waals surface area contributed by atoms with Crippen LogP contribution >= 0.6 is 28.6 Å². The molecule has 0 spiro atoms. The summed E-state index contributed by atoms with van der Waals surface area (Å²) in [4.78, 5) is 0. The van der Waals surface area contributed by atoms with Crippen LogP contribution in [-0.4, -0.2) is 12.4 Å². The second-order valence-corrected chi connectivity index (χ2v) is 4.94. The fraction of sp³-hybridized carbons (Fsp3) is 0.500. The zero-order chi connectivity index (χ0) is 12.0. The maximum Gasteiger partial charge on any atom is 0.141 e. The summed E-state index contributed by atoms with van der Waals surface area (Å²) in [5, 5.41) is 0. The van der Waals surface area contributed by atoms with Crippen molar-refractivity contribution in [3.05, 3.63) is 28.5 Å². The Bertz CT molecular complexity index is 333. The minimum atomic E-state index is -0.296. The highest BCUT2D eigenvalue weighted by Gasteiger charge is 2.07. The molecular formula is C12H16BrFOS. The number of hydrogen-bond donors (Lipinski definition) is 1. The Hall–Kier alpha value is -0.220. The van der Waals surface area contributed by atoms with Crippen LogP contribution in [-0.2, 0) is 0 Å². The number of halogens is 2. The Labute approximate surface area is 110 Å². The number of hydrogen-bond acceptors (Lipinski definition) is 2. The van der Waals surface area contributed by atoms with Crippen LogP contribution in [0.2, 0.25) is 0 Å². The average molecular weight is 307 g/mol. The van der Waals surface area contributed by atoms with Crippen LogP contribution in [0.4, 0.5) is 4.39 Å². The van der Waals surface area contributed by atoms with Gasteiger partial charge < -0.3 is 4.74 Å². The summed E-state index contributed by atoms with van der Waals surface area (Å²) in [6, 6.07) is 4.81. The zero-order valence-corrected chi connectivity index (χ0v) is 11.7. The van der Waals surface area contributed by atoms with Crippen molar-refractivity contribution in [2.45, 2.75) is 19.8 Å². The van der Waals surface area contributed by atoms with Gasteiger partial charge in [0, 0.05) is 12.0 Å². The fourth-order valence-electron chi connectivity index (χ4n) is 1.42. The summed E-state index contributed by atoms with van der Waals surface area (Å²) in [6.45, 7) is 2.73. The lowest BCUT2D eigenvalue weighted by molar-refractivity contribution is 0.253. The van der Waals surface area contributed by atoms with Crippen LogP contribution in [0.5, 0.6) is 5.75 Å². The molecule has 1 aromatic rings. The smallest absolute Gasteiger partial charge is 0.141 e. The Balaban J connectivity index is 2.50. The summed E-state index contributed by atoms with van der Waals surface area (Å²) in [7, 11) is 0. The molecule has 90 valence electrons. The molecule has 0 bridgehead atoms. The largest absolute Gasteiger partial charge is 0.493 e. The molecule has 1 rings (SSSR count). The summed E-state index contributed by atoms with van der Waals surface area (Å²) in [5.41, 5.74) is 0. The topological polar surface area (TPSA) is 9.23 Å². The van der Waals surface area contributed by atoms with E-state index in [9.17, 15) is 4.39 Å². The van der Waals surface area contributed by atoms with E-state index in [0.717, 1.165) is 18.6 Å². The predicted molar refractivity (Wildman–Crippen MR) is 71.8 cm³/mol. The van der Waals surface area contributed by atoms with Gasteiger partial charge in [0.05, 0.1) is 11.1 Å². The Kier molecular flexibility index (Phi) is 6.21. The van der Waals surface area contributed by atoms with Crippen LogP contribution in [0.3, 0.4) is 0 Å². The second-order valence-electron chi connectivity index (χ2n) is 3.72. The molecule has 0 aromatic heterocycles. The SMILES string of the molecule is CCCC(CS)COc1ccc(Br)c(F)c1. The highest BCUT2D eigenvalue weighted by molar-refractivity contribution is 9.10. The molecule has 0 fully saturated rings. The Morgan fingerprint density at radius 2 is 2.25 bits per heavy atom. The quantitative estimate of drug-likeness (QED) is 0.770.